The van der Waals surface area contributed by atoms with Crippen molar-refractivity contribution in [1.29, 1.82) is 0 Å². The second-order valence-corrected chi connectivity index (χ2v) is 6.21. The Morgan fingerprint density at radius 2 is 1.44 bits per heavy atom. The van der Waals surface area contributed by atoms with Crippen LogP contribution in [0.3, 0.4) is 0 Å². The first-order valence-electron chi connectivity index (χ1n) is 8.25. The van der Waals surface area contributed by atoms with Crippen LogP contribution in [-0.4, -0.2) is 25.0 Å². The zero-order chi connectivity index (χ0) is 17.3. The van der Waals surface area contributed by atoms with Gasteiger partial charge >= 0.3 is 0 Å². The highest BCUT2D eigenvalue weighted by molar-refractivity contribution is 6.16. The van der Waals surface area contributed by atoms with Crippen molar-refractivity contribution >= 4 is 23.2 Å². The minimum absolute atomic E-state index is 0.270. The molecule has 1 aliphatic carbocycles. The number of hydrogen-bond acceptors (Lipinski definition) is 4. The van der Waals surface area contributed by atoms with Crippen molar-refractivity contribution in [3.63, 3.8) is 0 Å². The summed E-state index contributed by atoms with van der Waals surface area (Å²) in [6.45, 7) is 0.995. The maximum atomic E-state index is 12.7. The van der Waals surface area contributed by atoms with Crippen molar-refractivity contribution in [2.45, 2.75) is 12.8 Å². The van der Waals surface area contributed by atoms with Crippen LogP contribution in [0.1, 0.15) is 12.8 Å². The largest absolute Gasteiger partial charge is 0.486 e. The van der Waals surface area contributed by atoms with Gasteiger partial charge in [-0.25, -0.2) is 0 Å². The zero-order valence-electron chi connectivity index (χ0n) is 13.6. The Hall–Kier alpha value is -3.02. The van der Waals surface area contributed by atoms with Crippen LogP contribution in [0.2, 0.25) is 0 Å². The molecule has 4 rings (SSSR count). The molecule has 2 N–H and O–H groups in total. The Bertz CT molecular complexity index is 815. The minimum Gasteiger partial charge on any atom is -0.486 e. The number of fused-ring (bicyclic) bond motifs is 1. The Labute approximate surface area is 145 Å². The van der Waals surface area contributed by atoms with E-state index in [4.69, 9.17) is 9.47 Å². The average Bonchev–Trinajstić information content (AvgIpc) is 3.44. The number of rotatable bonds is 4. The summed E-state index contributed by atoms with van der Waals surface area (Å²) in [5.41, 5.74) is 0.280. The highest BCUT2D eigenvalue weighted by atomic mass is 16.6. The first kappa shape index (κ1) is 15.5. The van der Waals surface area contributed by atoms with Gasteiger partial charge in [0.2, 0.25) is 11.8 Å². The number of para-hydroxylation sites is 1. The van der Waals surface area contributed by atoms with Gasteiger partial charge in [-0.15, -0.1) is 0 Å². The van der Waals surface area contributed by atoms with Crippen molar-refractivity contribution < 1.29 is 19.1 Å². The normalized spacial score (nSPS) is 16.6. The van der Waals surface area contributed by atoms with Crippen LogP contribution in [-0.2, 0) is 9.59 Å². The van der Waals surface area contributed by atoms with Crippen LogP contribution in [0.4, 0.5) is 11.4 Å². The van der Waals surface area contributed by atoms with Crippen LogP contribution in [0.15, 0.2) is 48.5 Å². The van der Waals surface area contributed by atoms with E-state index >= 15 is 0 Å². The summed E-state index contributed by atoms with van der Waals surface area (Å²) < 4.78 is 11.0. The molecule has 6 nitrogen and oxygen atoms in total. The quantitative estimate of drug-likeness (QED) is 0.841. The van der Waals surface area contributed by atoms with Crippen LogP contribution in [0, 0.1) is 5.41 Å². The second-order valence-electron chi connectivity index (χ2n) is 6.21. The van der Waals surface area contributed by atoms with Crippen LogP contribution in [0.5, 0.6) is 11.5 Å². The van der Waals surface area contributed by atoms with E-state index in [1.54, 1.807) is 30.3 Å². The third-order valence-corrected chi connectivity index (χ3v) is 4.45. The van der Waals surface area contributed by atoms with Gasteiger partial charge in [0.25, 0.3) is 0 Å². The van der Waals surface area contributed by atoms with E-state index in [9.17, 15) is 9.59 Å². The fraction of sp³-hybridized carbons (Fsp3) is 0.263. The molecule has 1 fully saturated rings. The molecule has 2 amide bonds. The third-order valence-electron chi connectivity index (χ3n) is 4.45. The molecule has 0 radical (unpaired) electrons. The lowest BCUT2D eigenvalue weighted by Gasteiger charge is -2.20. The highest BCUT2D eigenvalue weighted by Crippen LogP contribution is 2.47. The number of ether oxygens (including phenoxy) is 2. The molecule has 0 unspecified atom stereocenters. The number of amides is 2. The van der Waals surface area contributed by atoms with Crippen LogP contribution < -0.4 is 20.1 Å². The maximum Gasteiger partial charge on any atom is 0.240 e. The molecule has 2 aliphatic rings. The zero-order valence-corrected chi connectivity index (χ0v) is 13.6. The fourth-order valence-corrected chi connectivity index (χ4v) is 2.83. The van der Waals surface area contributed by atoms with E-state index in [2.05, 4.69) is 10.6 Å². The first-order valence-corrected chi connectivity index (χ1v) is 8.25. The van der Waals surface area contributed by atoms with Gasteiger partial charge in [-0.3, -0.25) is 9.59 Å². The molecule has 2 aromatic rings. The molecule has 0 bridgehead atoms. The predicted molar refractivity (Wildman–Crippen MR) is 92.8 cm³/mol. The molecule has 0 spiro atoms. The lowest BCUT2D eigenvalue weighted by molar-refractivity contribution is -0.131. The Morgan fingerprint density at radius 1 is 0.800 bits per heavy atom. The van der Waals surface area contributed by atoms with E-state index in [1.807, 2.05) is 18.2 Å². The van der Waals surface area contributed by atoms with E-state index < -0.39 is 5.41 Å². The highest BCUT2D eigenvalue weighted by Gasteiger charge is 2.56. The van der Waals surface area contributed by atoms with Crippen molar-refractivity contribution in [3.05, 3.63) is 48.5 Å². The van der Waals surface area contributed by atoms with E-state index in [0.29, 0.717) is 48.9 Å². The molecule has 1 saturated carbocycles. The van der Waals surface area contributed by atoms with Gasteiger partial charge in [0, 0.05) is 17.4 Å². The molecule has 2 aromatic carbocycles. The van der Waals surface area contributed by atoms with Crippen molar-refractivity contribution in [2.75, 3.05) is 23.8 Å². The Morgan fingerprint density at radius 3 is 2.12 bits per heavy atom. The van der Waals surface area contributed by atoms with Crippen molar-refractivity contribution in [2.24, 2.45) is 5.41 Å². The van der Waals surface area contributed by atoms with E-state index in [-0.39, 0.29) is 11.8 Å². The number of benzene rings is 2. The average molecular weight is 338 g/mol. The lowest BCUT2D eigenvalue weighted by Crippen LogP contribution is -2.35. The first-order chi connectivity index (χ1) is 12.2. The molecular weight excluding hydrogens is 320 g/mol. The smallest absolute Gasteiger partial charge is 0.240 e. The molecule has 0 saturated heterocycles. The second kappa shape index (κ2) is 6.12. The lowest BCUT2D eigenvalue weighted by atomic mass is 10.0. The topological polar surface area (TPSA) is 76.7 Å². The van der Waals surface area contributed by atoms with Gasteiger partial charge in [-0.1, -0.05) is 18.2 Å². The summed E-state index contributed by atoms with van der Waals surface area (Å²) in [7, 11) is 0. The van der Waals surface area contributed by atoms with Gasteiger partial charge in [-0.05, 0) is 37.1 Å². The van der Waals surface area contributed by atoms with Gasteiger partial charge in [0.1, 0.15) is 18.6 Å². The summed E-state index contributed by atoms with van der Waals surface area (Å²) in [4.78, 5) is 25.2. The van der Waals surface area contributed by atoms with Crippen molar-refractivity contribution in [3.8, 4) is 11.5 Å². The minimum atomic E-state index is -0.997. The molecule has 128 valence electrons. The van der Waals surface area contributed by atoms with Crippen LogP contribution >= 0.6 is 0 Å². The molecule has 1 heterocycles. The summed E-state index contributed by atoms with van der Waals surface area (Å²) in [5, 5.41) is 5.64. The number of carbonyl (C=O) groups excluding carboxylic acids is 2. The number of anilines is 2. The third kappa shape index (κ3) is 3.03. The summed E-state index contributed by atoms with van der Waals surface area (Å²) in [6, 6.07) is 14.4. The van der Waals surface area contributed by atoms with Gasteiger partial charge in [0.15, 0.2) is 11.5 Å². The molecular formula is C19H18N2O4. The SMILES string of the molecule is O=C(Nc1ccccc1)C1(C(=O)Nc2ccc3c(c2)OCCO3)CC1. The summed E-state index contributed by atoms with van der Waals surface area (Å²) in [5.74, 6) is 0.696. The Balaban J connectivity index is 1.46. The standard InChI is InChI=1S/C19H18N2O4/c22-17(20-13-4-2-1-3-5-13)19(8-9-19)18(23)21-14-6-7-15-16(12-14)25-11-10-24-15/h1-7,12H,8-11H2,(H,20,22)(H,21,23). The summed E-state index contributed by atoms with van der Waals surface area (Å²) >= 11 is 0. The molecule has 0 atom stereocenters. The fourth-order valence-electron chi connectivity index (χ4n) is 2.83. The maximum absolute atomic E-state index is 12.7. The Kier molecular flexibility index (Phi) is 3.80. The van der Waals surface area contributed by atoms with E-state index in [1.165, 1.54) is 0 Å². The predicted octanol–water partition coefficient (Wildman–Crippen LogP) is 2.82. The number of hydrogen-bond donors (Lipinski definition) is 2. The van der Waals surface area contributed by atoms with Crippen LogP contribution in [0.25, 0.3) is 0 Å². The molecule has 25 heavy (non-hydrogen) atoms. The van der Waals surface area contributed by atoms with Gasteiger partial charge < -0.3 is 20.1 Å². The van der Waals surface area contributed by atoms with Crippen molar-refractivity contribution in [1.82, 2.24) is 0 Å². The monoisotopic (exact) mass is 338 g/mol. The number of nitrogens with one attached hydrogen (secondary N) is 2. The van der Waals surface area contributed by atoms with E-state index in [0.717, 1.165) is 0 Å². The van der Waals surface area contributed by atoms with Gasteiger partial charge in [-0.2, -0.15) is 0 Å². The molecule has 6 heteroatoms. The van der Waals surface area contributed by atoms with Gasteiger partial charge in [0.05, 0.1) is 0 Å². The molecule has 1 aliphatic heterocycles. The molecule has 0 aromatic heterocycles. The summed E-state index contributed by atoms with van der Waals surface area (Å²) in [6.07, 6.45) is 1.09. The number of carbonyl (C=O) groups is 2.